The molecule has 0 spiro atoms. The number of aliphatic carboxylic acids is 1. The first-order valence-electron chi connectivity index (χ1n) is 8.06. The zero-order chi connectivity index (χ0) is 15.5. The fourth-order valence-corrected chi connectivity index (χ4v) is 3.59. The number of piperidine rings is 1. The van der Waals surface area contributed by atoms with E-state index in [2.05, 4.69) is 0 Å². The number of amides is 1. The van der Waals surface area contributed by atoms with Crippen molar-refractivity contribution in [3.05, 3.63) is 0 Å². The molecule has 0 saturated carbocycles. The van der Waals surface area contributed by atoms with E-state index in [1.54, 1.807) is 4.90 Å². The van der Waals surface area contributed by atoms with Crippen molar-refractivity contribution in [2.45, 2.75) is 70.9 Å². The van der Waals surface area contributed by atoms with Gasteiger partial charge < -0.3 is 14.7 Å². The number of carbonyl (C=O) groups is 2. The van der Waals surface area contributed by atoms with Gasteiger partial charge in [-0.1, -0.05) is 13.8 Å². The van der Waals surface area contributed by atoms with Gasteiger partial charge in [0.2, 0.25) is 5.91 Å². The van der Waals surface area contributed by atoms with Crippen molar-refractivity contribution in [3.63, 3.8) is 0 Å². The van der Waals surface area contributed by atoms with Gasteiger partial charge in [0.05, 0.1) is 6.10 Å². The van der Waals surface area contributed by atoms with E-state index < -0.39 is 12.0 Å². The van der Waals surface area contributed by atoms with Gasteiger partial charge in [-0.3, -0.25) is 4.79 Å². The molecule has 0 aliphatic carbocycles. The first-order chi connectivity index (χ1) is 9.92. The Morgan fingerprint density at radius 1 is 1.29 bits per heavy atom. The fourth-order valence-electron chi connectivity index (χ4n) is 3.59. The van der Waals surface area contributed by atoms with Gasteiger partial charge in [-0.05, 0) is 43.9 Å². The Kier molecular flexibility index (Phi) is 5.25. The summed E-state index contributed by atoms with van der Waals surface area (Å²) in [7, 11) is 0. The summed E-state index contributed by atoms with van der Waals surface area (Å²) >= 11 is 0. The molecule has 0 radical (unpaired) electrons. The highest BCUT2D eigenvalue weighted by Gasteiger charge is 2.44. The van der Waals surface area contributed by atoms with Crippen LogP contribution in [-0.4, -0.2) is 47.2 Å². The average Bonchev–Trinajstić information content (AvgIpc) is 2.44. The second-order valence-electron chi connectivity index (χ2n) is 6.95. The van der Waals surface area contributed by atoms with Gasteiger partial charge in [0.25, 0.3) is 0 Å². The highest BCUT2D eigenvalue weighted by atomic mass is 16.5. The van der Waals surface area contributed by atoms with E-state index >= 15 is 0 Å². The maximum atomic E-state index is 12.5. The summed E-state index contributed by atoms with van der Waals surface area (Å²) in [5.74, 6) is -0.925. The summed E-state index contributed by atoms with van der Waals surface area (Å²) in [5.41, 5.74) is -0.360. The lowest BCUT2D eigenvalue weighted by molar-refractivity contribution is -0.159. The van der Waals surface area contributed by atoms with E-state index in [0.29, 0.717) is 19.4 Å². The summed E-state index contributed by atoms with van der Waals surface area (Å²) in [6.07, 6.45) is 6.28. The molecule has 2 heterocycles. The zero-order valence-corrected chi connectivity index (χ0v) is 13.1. The standard InChI is InChI=1S/C16H27NO4/c1-16(2)9-5-10-17(14(16)15(19)20)13(18)8-7-12-6-3-4-11-21-12/h12,14H,3-11H2,1-2H3,(H,19,20). The van der Waals surface area contributed by atoms with Gasteiger partial charge in [0, 0.05) is 19.6 Å². The normalized spacial score (nSPS) is 29.1. The van der Waals surface area contributed by atoms with Crippen molar-refractivity contribution in [1.29, 1.82) is 0 Å². The lowest BCUT2D eigenvalue weighted by Crippen LogP contribution is -2.56. The summed E-state index contributed by atoms with van der Waals surface area (Å²) in [6, 6.07) is -0.703. The lowest BCUT2D eigenvalue weighted by Gasteiger charge is -2.44. The summed E-state index contributed by atoms with van der Waals surface area (Å²) in [4.78, 5) is 25.6. The van der Waals surface area contributed by atoms with Crippen LogP contribution in [0.1, 0.15) is 58.8 Å². The number of nitrogens with zero attached hydrogens (tertiary/aromatic N) is 1. The third-order valence-corrected chi connectivity index (χ3v) is 4.78. The smallest absolute Gasteiger partial charge is 0.326 e. The Labute approximate surface area is 126 Å². The second-order valence-corrected chi connectivity index (χ2v) is 6.95. The van der Waals surface area contributed by atoms with Crippen LogP contribution in [-0.2, 0) is 14.3 Å². The molecule has 120 valence electrons. The molecule has 0 aromatic carbocycles. The molecule has 2 atom stereocenters. The minimum atomic E-state index is -0.887. The Balaban J connectivity index is 1.94. The largest absolute Gasteiger partial charge is 0.480 e. The van der Waals surface area contributed by atoms with Crippen molar-refractivity contribution in [2.75, 3.05) is 13.2 Å². The first kappa shape index (κ1) is 16.3. The number of carboxylic acid groups (broad SMARTS) is 1. The topological polar surface area (TPSA) is 66.8 Å². The van der Waals surface area contributed by atoms with E-state index in [-0.39, 0.29) is 17.4 Å². The number of rotatable bonds is 4. The van der Waals surface area contributed by atoms with Gasteiger partial charge in [0.15, 0.2) is 0 Å². The average molecular weight is 297 g/mol. The number of hydrogen-bond donors (Lipinski definition) is 1. The molecule has 1 amide bonds. The van der Waals surface area contributed by atoms with E-state index in [4.69, 9.17) is 4.74 Å². The quantitative estimate of drug-likeness (QED) is 0.865. The van der Waals surface area contributed by atoms with Crippen LogP contribution >= 0.6 is 0 Å². The monoisotopic (exact) mass is 297 g/mol. The first-order valence-corrected chi connectivity index (χ1v) is 8.06. The molecular weight excluding hydrogens is 270 g/mol. The molecular formula is C16H27NO4. The lowest BCUT2D eigenvalue weighted by atomic mass is 9.76. The van der Waals surface area contributed by atoms with Crippen molar-refractivity contribution in [2.24, 2.45) is 5.41 Å². The van der Waals surface area contributed by atoms with Crippen LogP contribution in [0.15, 0.2) is 0 Å². The highest BCUT2D eigenvalue weighted by Crippen LogP contribution is 2.35. The maximum absolute atomic E-state index is 12.5. The summed E-state index contributed by atoms with van der Waals surface area (Å²) in [6.45, 7) is 5.23. The molecule has 5 heteroatoms. The Bertz CT molecular complexity index is 388. The minimum absolute atomic E-state index is 0.0376. The van der Waals surface area contributed by atoms with E-state index in [9.17, 15) is 14.7 Å². The van der Waals surface area contributed by atoms with E-state index in [1.165, 1.54) is 0 Å². The zero-order valence-electron chi connectivity index (χ0n) is 13.1. The number of carboxylic acids is 1. The van der Waals surface area contributed by atoms with Crippen LogP contribution in [0.3, 0.4) is 0 Å². The van der Waals surface area contributed by atoms with Crippen LogP contribution in [0.4, 0.5) is 0 Å². The maximum Gasteiger partial charge on any atom is 0.326 e. The predicted molar refractivity (Wildman–Crippen MR) is 79.0 cm³/mol. The Hall–Kier alpha value is -1.10. The van der Waals surface area contributed by atoms with Gasteiger partial charge in [-0.25, -0.2) is 4.79 Å². The van der Waals surface area contributed by atoms with Crippen molar-refractivity contribution in [3.8, 4) is 0 Å². The molecule has 0 bridgehead atoms. The number of ether oxygens (including phenoxy) is 1. The van der Waals surface area contributed by atoms with Gasteiger partial charge in [-0.2, -0.15) is 0 Å². The second kappa shape index (κ2) is 6.77. The Morgan fingerprint density at radius 3 is 2.67 bits per heavy atom. The molecule has 2 saturated heterocycles. The molecule has 2 rings (SSSR count). The molecule has 2 fully saturated rings. The van der Waals surface area contributed by atoms with Gasteiger partial charge >= 0.3 is 5.97 Å². The number of hydrogen-bond acceptors (Lipinski definition) is 3. The van der Waals surface area contributed by atoms with Crippen LogP contribution in [0, 0.1) is 5.41 Å². The molecule has 0 aromatic rings. The van der Waals surface area contributed by atoms with Gasteiger partial charge in [0.1, 0.15) is 6.04 Å². The molecule has 21 heavy (non-hydrogen) atoms. The molecule has 2 unspecified atom stereocenters. The van der Waals surface area contributed by atoms with Crippen molar-refractivity contribution >= 4 is 11.9 Å². The summed E-state index contributed by atoms with van der Waals surface area (Å²) in [5, 5.41) is 9.49. The fraction of sp³-hybridized carbons (Fsp3) is 0.875. The van der Waals surface area contributed by atoms with E-state index in [1.807, 2.05) is 13.8 Å². The predicted octanol–water partition coefficient (Wildman–Crippen LogP) is 2.44. The van der Waals surface area contributed by atoms with Crippen LogP contribution in [0.5, 0.6) is 0 Å². The summed E-state index contributed by atoms with van der Waals surface area (Å²) < 4.78 is 5.64. The molecule has 2 aliphatic heterocycles. The molecule has 1 N–H and O–H groups in total. The number of likely N-dealkylation sites (tertiary alicyclic amines) is 1. The molecule has 0 aromatic heterocycles. The minimum Gasteiger partial charge on any atom is -0.480 e. The Morgan fingerprint density at radius 2 is 2.05 bits per heavy atom. The van der Waals surface area contributed by atoms with Crippen molar-refractivity contribution < 1.29 is 19.4 Å². The third kappa shape index (κ3) is 3.96. The van der Waals surface area contributed by atoms with Crippen molar-refractivity contribution in [1.82, 2.24) is 4.90 Å². The number of carbonyl (C=O) groups excluding carboxylic acids is 1. The molecule has 5 nitrogen and oxygen atoms in total. The highest BCUT2D eigenvalue weighted by molar-refractivity contribution is 5.84. The SMILES string of the molecule is CC1(C)CCCN(C(=O)CCC2CCCCO2)C1C(=O)O. The van der Waals surface area contributed by atoms with E-state index in [0.717, 1.165) is 38.7 Å². The molecule has 2 aliphatic rings. The third-order valence-electron chi connectivity index (χ3n) is 4.78. The van der Waals surface area contributed by atoms with Crippen LogP contribution in [0.25, 0.3) is 0 Å². The van der Waals surface area contributed by atoms with Gasteiger partial charge in [-0.15, -0.1) is 0 Å². The van der Waals surface area contributed by atoms with Crippen LogP contribution < -0.4 is 0 Å². The van der Waals surface area contributed by atoms with Crippen LogP contribution in [0.2, 0.25) is 0 Å².